The summed E-state index contributed by atoms with van der Waals surface area (Å²) in [7, 11) is -7.01. The minimum Gasteiger partial charge on any atom is -0.348 e. The summed E-state index contributed by atoms with van der Waals surface area (Å²) in [5.74, 6) is -0.509. The number of nitrogens with zero attached hydrogens (tertiary/aromatic N) is 1. The highest BCUT2D eigenvalue weighted by Gasteiger charge is 2.22. The lowest BCUT2D eigenvalue weighted by atomic mass is 10.1. The molecular formula is C18H21ClN2O5S2. The van der Waals surface area contributed by atoms with E-state index in [4.69, 9.17) is 11.6 Å². The van der Waals surface area contributed by atoms with Crippen LogP contribution in [0.1, 0.15) is 18.5 Å². The van der Waals surface area contributed by atoms with E-state index in [0.717, 1.165) is 16.8 Å². The molecule has 0 spiro atoms. The Morgan fingerprint density at radius 2 is 1.68 bits per heavy atom. The van der Waals surface area contributed by atoms with Gasteiger partial charge in [0.05, 0.1) is 22.9 Å². The first-order valence-corrected chi connectivity index (χ1v) is 12.3. The lowest BCUT2D eigenvalue weighted by Crippen LogP contribution is -2.41. The van der Waals surface area contributed by atoms with E-state index in [1.54, 1.807) is 37.3 Å². The third-order valence-electron chi connectivity index (χ3n) is 3.97. The van der Waals surface area contributed by atoms with Crippen LogP contribution in [0.3, 0.4) is 0 Å². The maximum absolute atomic E-state index is 12.4. The second-order valence-electron chi connectivity index (χ2n) is 6.38. The highest BCUT2D eigenvalue weighted by molar-refractivity contribution is 7.92. The van der Waals surface area contributed by atoms with E-state index in [2.05, 4.69) is 5.32 Å². The van der Waals surface area contributed by atoms with Gasteiger partial charge in [0.2, 0.25) is 15.9 Å². The van der Waals surface area contributed by atoms with Gasteiger partial charge in [0.1, 0.15) is 6.54 Å². The van der Waals surface area contributed by atoms with E-state index < -0.39 is 38.4 Å². The van der Waals surface area contributed by atoms with Gasteiger partial charge in [0.15, 0.2) is 9.84 Å². The molecule has 0 aliphatic rings. The number of carbonyl (C=O) groups excluding carboxylic acids is 1. The number of rotatable bonds is 7. The number of nitrogens with one attached hydrogen (secondary N) is 1. The predicted octanol–water partition coefficient (Wildman–Crippen LogP) is 2.39. The Bertz CT molecular complexity index is 1070. The Kier molecular flexibility index (Phi) is 6.74. The van der Waals surface area contributed by atoms with Crippen LogP contribution in [0.5, 0.6) is 0 Å². The summed E-state index contributed by atoms with van der Waals surface area (Å²) < 4.78 is 48.2. The molecule has 1 amide bonds. The topological polar surface area (TPSA) is 101 Å². The molecule has 0 heterocycles. The first-order chi connectivity index (χ1) is 12.9. The monoisotopic (exact) mass is 444 g/mol. The number of anilines is 1. The van der Waals surface area contributed by atoms with Crippen molar-refractivity contribution in [1.82, 2.24) is 5.32 Å². The summed E-state index contributed by atoms with van der Waals surface area (Å²) in [5.41, 5.74) is 0.977. The largest absolute Gasteiger partial charge is 0.348 e. The van der Waals surface area contributed by atoms with E-state index >= 15 is 0 Å². The smallest absolute Gasteiger partial charge is 0.241 e. The van der Waals surface area contributed by atoms with Crippen LogP contribution < -0.4 is 9.62 Å². The number of hydrogen-bond acceptors (Lipinski definition) is 5. The average molecular weight is 445 g/mol. The van der Waals surface area contributed by atoms with Gasteiger partial charge in [0, 0.05) is 11.3 Å². The second-order valence-corrected chi connectivity index (χ2v) is 10.7. The summed E-state index contributed by atoms with van der Waals surface area (Å²) in [6.07, 6.45) is 2.12. The molecule has 2 rings (SSSR count). The minimum absolute atomic E-state index is 0.180. The molecule has 0 fully saturated rings. The normalized spacial score (nSPS) is 13.0. The molecular weight excluding hydrogens is 424 g/mol. The standard InChI is InChI=1S/C18H21ClN2O5S2/c1-13(14-7-9-17(10-8-14)27(2,23)24)20-18(22)12-21(28(3,25)26)16-6-4-5-15(19)11-16/h4-11,13H,12H2,1-3H3,(H,20,22)/t13-/m0/s1. The molecule has 0 radical (unpaired) electrons. The Hall–Kier alpha value is -2.10. The molecule has 0 aliphatic heterocycles. The third-order valence-corrected chi connectivity index (χ3v) is 6.47. The molecule has 152 valence electrons. The fourth-order valence-corrected chi connectivity index (χ4v) is 4.20. The number of amides is 1. The summed E-state index contributed by atoms with van der Waals surface area (Å²) in [4.78, 5) is 12.6. The van der Waals surface area contributed by atoms with Crippen molar-refractivity contribution in [3.63, 3.8) is 0 Å². The van der Waals surface area contributed by atoms with Crippen molar-refractivity contribution in [2.75, 3.05) is 23.4 Å². The molecule has 1 N–H and O–H groups in total. The summed E-state index contributed by atoms with van der Waals surface area (Å²) >= 11 is 5.92. The molecule has 7 nitrogen and oxygen atoms in total. The van der Waals surface area contributed by atoms with Crippen LogP contribution in [0.4, 0.5) is 5.69 Å². The van der Waals surface area contributed by atoms with Crippen LogP contribution in [0.15, 0.2) is 53.4 Å². The summed E-state index contributed by atoms with van der Waals surface area (Å²) in [6.45, 7) is 1.31. The van der Waals surface area contributed by atoms with Gasteiger partial charge in [-0.1, -0.05) is 29.8 Å². The van der Waals surface area contributed by atoms with Crippen LogP contribution in [-0.4, -0.2) is 41.8 Å². The predicted molar refractivity (Wildman–Crippen MR) is 110 cm³/mol. The molecule has 0 aromatic heterocycles. The zero-order chi connectivity index (χ0) is 21.1. The van der Waals surface area contributed by atoms with Crippen molar-refractivity contribution in [2.45, 2.75) is 17.9 Å². The van der Waals surface area contributed by atoms with Gasteiger partial charge in [-0.15, -0.1) is 0 Å². The van der Waals surface area contributed by atoms with Crippen LogP contribution >= 0.6 is 11.6 Å². The van der Waals surface area contributed by atoms with Crippen molar-refractivity contribution < 1.29 is 21.6 Å². The van der Waals surface area contributed by atoms with E-state index in [-0.39, 0.29) is 10.6 Å². The van der Waals surface area contributed by atoms with E-state index in [9.17, 15) is 21.6 Å². The van der Waals surface area contributed by atoms with Crippen molar-refractivity contribution in [2.24, 2.45) is 0 Å². The number of carbonyl (C=O) groups is 1. The zero-order valence-corrected chi connectivity index (χ0v) is 18.0. The number of sulfone groups is 1. The fourth-order valence-electron chi connectivity index (χ4n) is 2.54. The number of benzene rings is 2. The van der Waals surface area contributed by atoms with Crippen molar-refractivity contribution in [3.8, 4) is 0 Å². The summed E-state index contributed by atoms with van der Waals surface area (Å²) in [6, 6.07) is 11.9. The van der Waals surface area contributed by atoms with Gasteiger partial charge in [-0.25, -0.2) is 16.8 Å². The van der Waals surface area contributed by atoms with Crippen LogP contribution in [-0.2, 0) is 24.7 Å². The maximum atomic E-state index is 12.4. The highest BCUT2D eigenvalue weighted by Crippen LogP contribution is 2.22. The Balaban J connectivity index is 2.14. The molecule has 0 bridgehead atoms. The van der Waals surface area contributed by atoms with Gasteiger partial charge in [-0.2, -0.15) is 0 Å². The maximum Gasteiger partial charge on any atom is 0.241 e. The molecule has 2 aromatic carbocycles. The number of sulfonamides is 1. The van der Waals surface area contributed by atoms with Gasteiger partial charge < -0.3 is 5.32 Å². The van der Waals surface area contributed by atoms with E-state index in [1.165, 1.54) is 18.2 Å². The lowest BCUT2D eigenvalue weighted by Gasteiger charge is -2.23. The highest BCUT2D eigenvalue weighted by atomic mass is 35.5. The Morgan fingerprint density at radius 1 is 1.07 bits per heavy atom. The Labute approximate surface area is 170 Å². The van der Waals surface area contributed by atoms with Crippen LogP contribution in [0.2, 0.25) is 5.02 Å². The van der Waals surface area contributed by atoms with Crippen molar-refractivity contribution in [3.05, 3.63) is 59.1 Å². The second kappa shape index (κ2) is 8.50. The zero-order valence-electron chi connectivity index (χ0n) is 15.6. The quantitative estimate of drug-likeness (QED) is 0.706. The van der Waals surface area contributed by atoms with Crippen LogP contribution in [0.25, 0.3) is 0 Å². The first-order valence-electron chi connectivity index (χ1n) is 8.20. The van der Waals surface area contributed by atoms with Crippen molar-refractivity contribution in [1.29, 1.82) is 0 Å². The minimum atomic E-state index is -3.71. The van der Waals surface area contributed by atoms with Crippen LogP contribution in [0, 0.1) is 0 Å². The third kappa shape index (κ3) is 5.95. The molecule has 2 aromatic rings. The first kappa shape index (κ1) is 22.2. The molecule has 0 saturated heterocycles. The van der Waals surface area contributed by atoms with Gasteiger partial charge in [0.25, 0.3) is 0 Å². The van der Waals surface area contributed by atoms with E-state index in [0.29, 0.717) is 10.6 Å². The molecule has 0 aliphatic carbocycles. The fraction of sp³-hybridized carbons (Fsp3) is 0.278. The Morgan fingerprint density at radius 3 is 2.18 bits per heavy atom. The number of hydrogen-bond donors (Lipinski definition) is 1. The molecule has 28 heavy (non-hydrogen) atoms. The van der Waals surface area contributed by atoms with E-state index in [1.807, 2.05) is 0 Å². The van der Waals surface area contributed by atoms with Gasteiger partial charge >= 0.3 is 0 Å². The molecule has 1 atom stereocenters. The van der Waals surface area contributed by atoms with Gasteiger partial charge in [-0.3, -0.25) is 9.10 Å². The number of halogens is 1. The lowest BCUT2D eigenvalue weighted by molar-refractivity contribution is -0.120. The molecule has 10 heteroatoms. The molecule has 0 saturated carbocycles. The summed E-state index contributed by atoms with van der Waals surface area (Å²) in [5, 5.41) is 3.07. The van der Waals surface area contributed by atoms with Crippen molar-refractivity contribution >= 4 is 43.1 Å². The average Bonchev–Trinajstić information content (AvgIpc) is 2.58. The SMILES string of the molecule is C[C@H](NC(=O)CN(c1cccc(Cl)c1)S(C)(=O)=O)c1ccc(S(C)(=O)=O)cc1. The molecule has 0 unspecified atom stereocenters. The van der Waals surface area contributed by atoms with Gasteiger partial charge in [-0.05, 0) is 42.8 Å².